The second-order valence-electron chi connectivity index (χ2n) is 6.99. The van der Waals surface area contributed by atoms with Gasteiger partial charge in [0, 0.05) is 25.6 Å². The fourth-order valence-electron chi connectivity index (χ4n) is 3.98. The summed E-state index contributed by atoms with van der Waals surface area (Å²) in [5.74, 6) is 1.27. The van der Waals surface area contributed by atoms with E-state index in [-0.39, 0.29) is 6.10 Å². The minimum absolute atomic E-state index is 0.0429. The van der Waals surface area contributed by atoms with Crippen LogP contribution in [-0.4, -0.2) is 29.2 Å². The van der Waals surface area contributed by atoms with E-state index in [0.29, 0.717) is 5.92 Å². The lowest BCUT2D eigenvalue weighted by atomic mass is 9.74. The Morgan fingerprint density at radius 2 is 1.86 bits per heavy atom. The standard InChI is InChI=1S/C20H23NO/c1-14-3-2-4-17(9-14)16-7-5-15(6-8-16)11-21-12-18-10-20(22)19(18)13-21/h2-9,18-20,22H,10-13H2,1H3/t18-,19+,20-/m1/s1. The van der Waals surface area contributed by atoms with Gasteiger partial charge >= 0.3 is 0 Å². The molecule has 0 unspecified atom stereocenters. The van der Waals surface area contributed by atoms with E-state index >= 15 is 0 Å². The molecule has 1 heterocycles. The number of likely N-dealkylation sites (tertiary alicyclic amines) is 1. The van der Waals surface area contributed by atoms with Gasteiger partial charge in [0.15, 0.2) is 0 Å². The van der Waals surface area contributed by atoms with Gasteiger partial charge < -0.3 is 5.11 Å². The fraction of sp³-hybridized carbons (Fsp3) is 0.400. The van der Waals surface area contributed by atoms with E-state index in [0.717, 1.165) is 32.0 Å². The van der Waals surface area contributed by atoms with Gasteiger partial charge in [-0.15, -0.1) is 0 Å². The summed E-state index contributed by atoms with van der Waals surface area (Å²) in [5.41, 5.74) is 5.23. The highest BCUT2D eigenvalue weighted by Gasteiger charge is 2.45. The number of hydrogen-bond acceptors (Lipinski definition) is 2. The second kappa shape index (κ2) is 5.53. The van der Waals surface area contributed by atoms with Crippen molar-refractivity contribution in [2.24, 2.45) is 11.8 Å². The van der Waals surface area contributed by atoms with Crippen LogP contribution in [0.4, 0.5) is 0 Å². The van der Waals surface area contributed by atoms with Crippen LogP contribution in [-0.2, 0) is 6.54 Å². The molecule has 114 valence electrons. The van der Waals surface area contributed by atoms with Gasteiger partial charge in [-0.2, -0.15) is 0 Å². The van der Waals surface area contributed by atoms with E-state index in [1.807, 2.05) is 0 Å². The molecule has 0 amide bonds. The van der Waals surface area contributed by atoms with Crippen molar-refractivity contribution in [3.05, 3.63) is 59.7 Å². The first-order valence-corrected chi connectivity index (χ1v) is 8.25. The van der Waals surface area contributed by atoms with Crippen molar-refractivity contribution >= 4 is 0 Å². The molecular formula is C20H23NO. The Kier molecular flexibility index (Phi) is 3.51. The Balaban J connectivity index is 1.44. The first kappa shape index (κ1) is 14.0. The molecule has 2 aromatic carbocycles. The number of aliphatic hydroxyl groups excluding tert-OH is 1. The zero-order valence-electron chi connectivity index (χ0n) is 13.1. The number of benzene rings is 2. The number of rotatable bonds is 3. The summed E-state index contributed by atoms with van der Waals surface area (Å²) in [6.45, 7) is 5.36. The summed E-state index contributed by atoms with van der Waals surface area (Å²) in [6.07, 6.45) is 0.965. The summed E-state index contributed by atoms with van der Waals surface area (Å²) >= 11 is 0. The molecule has 2 heteroatoms. The van der Waals surface area contributed by atoms with Crippen LogP contribution in [0.15, 0.2) is 48.5 Å². The van der Waals surface area contributed by atoms with Crippen LogP contribution in [0.5, 0.6) is 0 Å². The third-order valence-electron chi connectivity index (χ3n) is 5.32. The molecule has 0 spiro atoms. The molecule has 2 fully saturated rings. The lowest BCUT2D eigenvalue weighted by molar-refractivity contribution is -0.00435. The topological polar surface area (TPSA) is 23.5 Å². The maximum absolute atomic E-state index is 9.76. The maximum Gasteiger partial charge on any atom is 0.0587 e. The summed E-state index contributed by atoms with van der Waals surface area (Å²) < 4.78 is 0. The van der Waals surface area contributed by atoms with Crippen molar-refractivity contribution in [1.82, 2.24) is 4.90 Å². The number of fused-ring (bicyclic) bond motifs is 1. The van der Waals surface area contributed by atoms with Gasteiger partial charge in [0.25, 0.3) is 0 Å². The molecule has 4 rings (SSSR count). The molecule has 3 atom stereocenters. The molecule has 1 aliphatic carbocycles. The Bertz CT molecular complexity index is 664. The van der Waals surface area contributed by atoms with E-state index < -0.39 is 0 Å². The Labute approximate surface area is 132 Å². The summed E-state index contributed by atoms with van der Waals surface area (Å²) in [5, 5.41) is 9.76. The average molecular weight is 293 g/mol. The van der Waals surface area contributed by atoms with Crippen molar-refractivity contribution in [1.29, 1.82) is 0 Å². The summed E-state index contributed by atoms with van der Waals surface area (Å²) in [6, 6.07) is 17.6. The van der Waals surface area contributed by atoms with Gasteiger partial charge in [0.05, 0.1) is 6.10 Å². The lowest BCUT2D eigenvalue weighted by Crippen LogP contribution is -2.39. The van der Waals surface area contributed by atoms with Crippen molar-refractivity contribution in [3.63, 3.8) is 0 Å². The van der Waals surface area contributed by atoms with E-state index in [2.05, 4.69) is 60.4 Å². The summed E-state index contributed by atoms with van der Waals surface area (Å²) in [4.78, 5) is 2.49. The number of aliphatic hydroxyl groups is 1. The molecule has 22 heavy (non-hydrogen) atoms. The molecule has 0 aromatic heterocycles. The van der Waals surface area contributed by atoms with E-state index in [4.69, 9.17) is 0 Å². The number of aryl methyl sites for hydroxylation is 1. The van der Waals surface area contributed by atoms with E-state index in [1.165, 1.54) is 22.3 Å². The van der Waals surface area contributed by atoms with E-state index in [9.17, 15) is 5.11 Å². The molecule has 2 aromatic rings. The molecular weight excluding hydrogens is 270 g/mol. The molecule has 1 saturated carbocycles. The second-order valence-corrected chi connectivity index (χ2v) is 6.99. The predicted octanol–water partition coefficient (Wildman–Crippen LogP) is 3.47. The molecule has 1 N–H and O–H groups in total. The monoisotopic (exact) mass is 293 g/mol. The first-order chi connectivity index (χ1) is 10.7. The van der Waals surface area contributed by atoms with Crippen molar-refractivity contribution in [2.75, 3.05) is 13.1 Å². The molecule has 2 nitrogen and oxygen atoms in total. The quantitative estimate of drug-likeness (QED) is 0.936. The van der Waals surface area contributed by atoms with Gasteiger partial charge in [0.1, 0.15) is 0 Å². The van der Waals surface area contributed by atoms with Crippen molar-refractivity contribution < 1.29 is 5.11 Å². The average Bonchev–Trinajstić information content (AvgIpc) is 2.84. The van der Waals surface area contributed by atoms with Crippen LogP contribution >= 0.6 is 0 Å². The minimum atomic E-state index is -0.0429. The van der Waals surface area contributed by atoms with Gasteiger partial charge in [-0.1, -0.05) is 54.1 Å². The molecule has 0 bridgehead atoms. The maximum atomic E-state index is 9.76. The zero-order chi connectivity index (χ0) is 15.1. The summed E-state index contributed by atoms with van der Waals surface area (Å²) in [7, 11) is 0. The third-order valence-corrected chi connectivity index (χ3v) is 5.32. The minimum Gasteiger partial charge on any atom is -0.393 e. The first-order valence-electron chi connectivity index (χ1n) is 8.25. The van der Waals surface area contributed by atoms with E-state index in [1.54, 1.807) is 0 Å². The van der Waals surface area contributed by atoms with Crippen LogP contribution in [0.25, 0.3) is 11.1 Å². The molecule has 1 saturated heterocycles. The smallest absolute Gasteiger partial charge is 0.0587 e. The fourth-order valence-corrected chi connectivity index (χ4v) is 3.98. The highest BCUT2D eigenvalue weighted by atomic mass is 16.3. The van der Waals surface area contributed by atoms with Gasteiger partial charge in [-0.05, 0) is 36.0 Å². The molecule has 1 aliphatic heterocycles. The van der Waals surface area contributed by atoms with Crippen LogP contribution in [0.1, 0.15) is 17.5 Å². The van der Waals surface area contributed by atoms with Crippen LogP contribution in [0.3, 0.4) is 0 Å². The highest BCUT2D eigenvalue weighted by molar-refractivity contribution is 5.64. The highest BCUT2D eigenvalue weighted by Crippen LogP contribution is 2.41. The lowest BCUT2D eigenvalue weighted by Gasteiger charge is -2.35. The van der Waals surface area contributed by atoms with Crippen molar-refractivity contribution in [3.8, 4) is 11.1 Å². The third kappa shape index (κ3) is 2.57. The zero-order valence-corrected chi connectivity index (χ0v) is 13.1. The van der Waals surface area contributed by atoms with Crippen LogP contribution < -0.4 is 0 Å². The van der Waals surface area contributed by atoms with Crippen molar-refractivity contribution in [2.45, 2.75) is 26.0 Å². The Morgan fingerprint density at radius 3 is 2.55 bits per heavy atom. The SMILES string of the molecule is Cc1cccc(-c2ccc(CN3C[C@H]4C[C@@H](O)[C@H]4C3)cc2)c1. The predicted molar refractivity (Wildman–Crippen MR) is 89.5 cm³/mol. The largest absolute Gasteiger partial charge is 0.393 e. The van der Waals surface area contributed by atoms with Gasteiger partial charge in [-0.25, -0.2) is 0 Å². The van der Waals surface area contributed by atoms with Crippen LogP contribution in [0, 0.1) is 18.8 Å². The number of hydrogen-bond donors (Lipinski definition) is 1. The normalized spacial score (nSPS) is 27.5. The Morgan fingerprint density at radius 1 is 1.05 bits per heavy atom. The molecule has 2 aliphatic rings. The van der Waals surface area contributed by atoms with Gasteiger partial charge in [0.2, 0.25) is 0 Å². The van der Waals surface area contributed by atoms with Gasteiger partial charge in [-0.3, -0.25) is 4.90 Å². The molecule has 0 radical (unpaired) electrons. The Hall–Kier alpha value is -1.64. The van der Waals surface area contributed by atoms with Crippen LogP contribution in [0.2, 0.25) is 0 Å². The number of nitrogens with zero attached hydrogens (tertiary/aromatic N) is 1.